The minimum Gasteiger partial charge on any atom is -0.512 e. The van der Waals surface area contributed by atoms with Crippen molar-refractivity contribution >= 4 is 41.3 Å². The second-order valence-electron chi connectivity index (χ2n) is 9.99. The number of nitrogens with zero attached hydrogens (tertiary/aromatic N) is 3. The number of Topliss-reactive ketones (excluding diaryl/α,β-unsaturated/α-hetero) is 1. The molecule has 0 aliphatic heterocycles. The van der Waals surface area contributed by atoms with Crippen LogP contribution in [0.3, 0.4) is 0 Å². The molecule has 45 heavy (non-hydrogen) atoms. The molecule has 1 rings (SSSR count). The van der Waals surface area contributed by atoms with Gasteiger partial charge in [0.2, 0.25) is 5.91 Å². The van der Waals surface area contributed by atoms with Gasteiger partial charge in [0.15, 0.2) is 0 Å². The van der Waals surface area contributed by atoms with E-state index in [4.69, 9.17) is 5.11 Å². The Bertz CT molecular complexity index is 1120. The van der Waals surface area contributed by atoms with Crippen molar-refractivity contribution in [1.29, 1.82) is 0 Å². The molecule has 0 saturated heterocycles. The maximum Gasteiger partial charge on any atom is 3.00 e. The molecule has 1 amide bonds. The number of benzene rings is 1. The molecule has 0 saturated carbocycles. The normalized spacial score (nSPS) is 11.3. The third-order valence-electron chi connectivity index (χ3n) is 6.25. The van der Waals surface area contributed by atoms with Crippen molar-refractivity contribution in [1.82, 2.24) is 14.7 Å². The second-order valence-corrected chi connectivity index (χ2v) is 9.99. The zero-order valence-corrected chi connectivity index (χ0v) is 27.2. The van der Waals surface area contributed by atoms with Crippen LogP contribution in [0.4, 0.5) is 5.69 Å². The minimum absolute atomic E-state index is 0. The summed E-state index contributed by atoms with van der Waals surface area (Å²) in [6, 6.07) is 5.72. The number of amides is 1. The molecule has 17 heteroatoms. The Kier molecular flexibility index (Phi) is 22.8. The molecule has 1 aromatic rings. The monoisotopic (exact) mass is 784 g/mol. The van der Waals surface area contributed by atoms with Crippen LogP contribution in [-0.4, -0.2) is 140 Å². The van der Waals surface area contributed by atoms with E-state index in [9.17, 15) is 49.2 Å². The van der Waals surface area contributed by atoms with Crippen molar-refractivity contribution in [3.63, 3.8) is 0 Å². The van der Waals surface area contributed by atoms with Gasteiger partial charge in [-0.05, 0) is 24.1 Å². The standard InChI is InChI=1S/C28H40N4O11.Gd.H2O/c1-3-23(34)8-9-24(35)29-21-6-4-20(5-7-21)12-22(32(17-27(40)41)18-28(42)43)14-31(16-26(38)39)11-10-30(13-19(2)33)15-25(36)37;;/h4-7,22,33H,2-3,8-18H2,1H3,(H,29,35)(H,36,37)(H,38,39)(H,40,41)(H,42,43);;1H2/q;+3;. The minimum atomic E-state index is -1.29. The quantitative estimate of drug-likeness (QED) is 0.0786. The van der Waals surface area contributed by atoms with E-state index >= 15 is 0 Å². The van der Waals surface area contributed by atoms with Crippen molar-refractivity contribution in [3.8, 4) is 0 Å². The van der Waals surface area contributed by atoms with Crippen LogP contribution in [0.5, 0.6) is 0 Å². The van der Waals surface area contributed by atoms with Crippen molar-refractivity contribution in [2.75, 3.05) is 57.7 Å². The van der Waals surface area contributed by atoms with Crippen LogP contribution in [0.2, 0.25) is 0 Å². The number of aliphatic carboxylic acids is 4. The van der Waals surface area contributed by atoms with E-state index < -0.39 is 56.1 Å². The van der Waals surface area contributed by atoms with E-state index in [0.717, 1.165) is 0 Å². The number of carbonyl (C=O) groups excluding carboxylic acids is 2. The summed E-state index contributed by atoms with van der Waals surface area (Å²) in [5.74, 6) is -5.62. The van der Waals surface area contributed by atoms with Crippen LogP contribution in [0.25, 0.3) is 0 Å². The smallest absolute Gasteiger partial charge is 0.512 e. The first-order chi connectivity index (χ1) is 20.2. The van der Waals surface area contributed by atoms with Gasteiger partial charge in [0.1, 0.15) is 5.78 Å². The van der Waals surface area contributed by atoms with E-state index in [-0.39, 0.29) is 108 Å². The molecule has 1 atom stereocenters. The van der Waals surface area contributed by atoms with Gasteiger partial charge in [0, 0.05) is 50.6 Å². The molecule has 1 unspecified atom stereocenters. The SMILES string of the molecule is C=C(O)CN(CCN(CC(=O)O)CC(Cc1ccc(NC(=O)CCC(=O)CC)cc1)N(CC(=O)O)CC(=O)O)CC(=O)O.O.[Gd+3]. The summed E-state index contributed by atoms with van der Waals surface area (Å²) in [7, 11) is 0. The van der Waals surface area contributed by atoms with E-state index in [1.807, 2.05) is 0 Å². The number of carboxylic acids is 4. The number of carbonyl (C=O) groups is 6. The van der Waals surface area contributed by atoms with Gasteiger partial charge < -0.3 is 36.3 Å². The summed E-state index contributed by atoms with van der Waals surface area (Å²) in [5, 5.41) is 49.8. The Morgan fingerprint density at radius 2 is 1.24 bits per heavy atom. The third-order valence-corrected chi connectivity index (χ3v) is 6.25. The zero-order chi connectivity index (χ0) is 32.5. The van der Waals surface area contributed by atoms with E-state index in [0.29, 0.717) is 17.7 Å². The van der Waals surface area contributed by atoms with Crippen LogP contribution in [0, 0.1) is 39.9 Å². The van der Waals surface area contributed by atoms with Gasteiger partial charge in [-0.2, -0.15) is 0 Å². The van der Waals surface area contributed by atoms with Crippen molar-refractivity contribution in [3.05, 3.63) is 42.2 Å². The molecule has 8 N–H and O–H groups in total. The molecule has 16 nitrogen and oxygen atoms in total. The Hall–Kier alpha value is -3.06. The zero-order valence-electron chi connectivity index (χ0n) is 25.0. The number of rotatable bonds is 23. The van der Waals surface area contributed by atoms with Gasteiger partial charge in [0.05, 0.1) is 38.5 Å². The van der Waals surface area contributed by atoms with Crippen LogP contribution in [0.15, 0.2) is 36.6 Å². The van der Waals surface area contributed by atoms with Gasteiger partial charge >= 0.3 is 63.8 Å². The molecular weight excluding hydrogens is 742 g/mol. The van der Waals surface area contributed by atoms with Crippen LogP contribution >= 0.6 is 0 Å². The van der Waals surface area contributed by atoms with Crippen molar-refractivity contribution in [2.24, 2.45) is 0 Å². The number of ketones is 1. The first-order valence-electron chi connectivity index (χ1n) is 13.5. The molecule has 251 valence electrons. The Morgan fingerprint density at radius 3 is 1.71 bits per heavy atom. The average Bonchev–Trinajstić information content (AvgIpc) is 2.89. The molecule has 0 aromatic heterocycles. The summed E-state index contributed by atoms with van der Waals surface area (Å²) >= 11 is 0. The number of nitrogens with one attached hydrogen (secondary N) is 1. The number of hydrogen-bond acceptors (Lipinski definition) is 10. The maximum atomic E-state index is 12.1. The predicted octanol–water partition coefficient (Wildman–Crippen LogP) is -0.213. The maximum absolute atomic E-state index is 12.1. The Labute approximate surface area is 292 Å². The first kappa shape index (κ1) is 44.1. The molecule has 1 radical (unpaired) electrons. The summed E-state index contributed by atoms with van der Waals surface area (Å²) in [6.07, 6.45) is 0.612. The van der Waals surface area contributed by atoms with Gasteiger partial charge in [-0.25, -0.2) is 0 Å². The number of anilines is 1. The van der Waals surface area contributed by atoms with Crippen LogP contribution < -0.4 is 5.32 Å². The van der Waals surface area contributed by atoms with Gasteiger partial charge in [0.25, 0.3) is 0 Å². The van der Waals surface area contributed by atoms with E-state index in [1.165, 1.54) is 14.7 Å². The number of aliphatic hydroxyl groups is 1. The summed E-state index contributed by atoms with van der Waals surface area (Å²) < 4.78 is 0. The first-order valence-corrected chi connectivity index (χ1v) is 13.5. The summed E-state index contributed by atoms with van der Waals surface area (Å²) in [5.41, 5.74) is 1.10. The fourth-order valence-corrected chi connectivity index (χ4v) is 4.29. The Morgan fingerprint density at radius 1 is 0.756 bits per heavy atom. The molecule has 1 aromatic carbocycles. The van der Waals surface area contributed by atoms with E-state index in [2.05, 4.69) is 11.9 Å². The number of carboxylic acid groups (broad SMARTS) is 4. The fourth-order valence-electron chi connectivity index (χ4n) is 4.29. The topological polar surface area (TPSA) is 257 Å². The van der Waals surface area contributed by atoms with Gasteiger partial charge in [-0.1, -0.05) is 25.6 Å². The third kappa shape index (κ3) is 20.6. The average molecular weight is 784 g/mol. The molecule has 0 aliphatic carbocycles. The van der Waals surface area contributed by atoms with Crippen LogP contribution in [0.1, 0.15) is 31.7 Å². The van der Waals surface area contributed by atoms with Gasteiger partial charge in [-0.3, -0.25) is 43.5 Å². The predicted molar refractivity (Wildman–Crippen MR) is 157 cm³/mol. The molecule has 0 aliphatic rings. The molecule has 0 spiro atoms. The van der Waals surface area contributed by atoms with Crippen LogP contribution in [-0.2, 0) is 35.2 Å². The summed E-state index contributed by atoms with van der Waals surface area (Å²) in [4.78, 5) is 73.6. The van der Waals surface area contributed by atoms with E-state index in [1.54, 1.807) is 31.2 Å². The molecular formula is C28H42GdN4O12+3. The summed E-state index contributed by atoms with van der Waals surface area (Å²) in [6.45, 7) is 2.59. The largest absolute Gasteiger partial charge is 3.00 e. The van der Waals surface area contributed by atoms with Crippen molar-refractivity contribution < 1.29 is 99.7 Å². The number of aliphatic hydroxyl groups excluding tert-OH is 1. The molecule has 0 bridgehead atoms. The fraction of sp³-hybridized carbons (Fsp3) is 0.500. The number of hydrogen-bond donors (Lipinski definition) is 6. The second kappa shape index (κ2) is 23.3. The molecule has 0 fully saturated rings. The Balaban J connectivity index is 0. The van der Waals surface area contributed by atoms with Crippen molar-refractivity contribution in [2.45, 2.75) is 38.6 Å². The van der Waals surface area contributed by atoms with Gasteiger partial charge in [-0.15, -0.1) is 0 Å². The molecule has 0 heterocycles.